The lowest BCUT2D eigenvalue weighted by Gasteiger charge is -2.35. The minimum atomic E-state index is -0.976. The van der Waals surface area contributed by atoms with Gasteiger partial charge in [-0.05, 0) is 117 Å². The van der Waals surface area contributed by atoms with Gasteiger partial charge in [0.05, 0.1) is 53.5 Å². The van der Waals surface area contributed by atoms with Gasteiger partial charge in [0.15, 0.2) is 11.6 Å². The maximum absolute atomic E-state index is 15.7. The van der Waals surface area contributed by atoms with E-state index in [-0.39, 0.29) is 48.8 Å². The van der Waals surface area contributed by atoms with Gasteiger partial charge in [0, 0.05) is 27.9 Å². The number of thiophene rings is 1. The summed E-state index contributed by atoms with van der Waals surface area (Å²) in [4.78, 5) is 81.0. The molecule has 4 amide bonds. The number of carbonyl (C=O) groups excluding carboxylic acids is 5. The summed E-state index contributed by atoms with van der Waals surface area (Å²) in [6, 6.07) is 24.0. The van der Waals surface area contributed by atoms with E-state index in [1.54, 1.807) is 57.9 Å². The molecule has 0 saturated carbocycles. The van der Waals surface area contributed by atoms with Crippen LogP contribution in [0, 0.1) is 38.9 Å². The predicted octanol–water partition coefficient (Wildman–Crippen LogP) is 10.5. The zero-order valence-corrected chi connectivity index (χ0v) is 48.1. The molecule has 1 fully saturated rings. The number of carbonyl (C=O) groups is 5. The quantitative estimate of drug-likeness (QED) is 0.0612. The smallest absolute Gasteiger partial charge is 0.308 e. The van der Waals surface area contributed by atoms with Crippen molar-refractivity contribution in [1.29, 1.82) is 0 Å². The highest BCUT2D eigenvalue weighted by atomic mass is 32.1. The number of halogens is 1. The van der Waals surface area contributed by atoms with Crippen LogP contribution in [0.1, 0.15) is 124 Å². The average molecular weight is 1130 g/mol. The van der Waals surface area contributed by atoms with E-state index in [1.165, 1.54) is 19.2 Å². The molecule has 81 heavy (non-hydrogen) atoms. The first-order valence-corrected chi connectivity index (χ1v) is 28.4. The van der Waals surface area contributed by atoms with E-state index in [0.717, 1.165) is 53.8 Å². The van der Waals surface area contributed by atoms with Crippen LogP contribution >= 0.6 is 22.7 Å². The zero-order chi connectivity index (χ0) is 57.4. The first-order valence-electron chi connectivity index (χ1n) is 26.7. The van der Waals surface area contributed by atoms with Gasteiger partial charge in [0.2, 0.25) is 11.8 Å². The van der Waals surface area contributed by atoms with E-state index in [9.17, 15) is 24.0 Å². The van der Waals surface area contributed by atoms with E-state index in [0.29, 0.717) is 59.0 Å². The number of ether oxygens (including phenoxy) is 2. The fraction of sp³-hybridized carbons (Fsp3) is 0.328. The van der Waals surface area contributed by atoms with Crippen LogP contribution in [0.25, 0.3) is 37.5 Å². The molecule has 0 radical (unpaired) electrons. The molecular weight excluding hydrogens is 1070 g/mol. The Labute approximate surface area is 476 Å². The lowest BCUT2D eigenvalue weighted by Crippen LogP contribution is -2.57. The fourth-order valence-corrected chi connectivity index (χ4v) is 12.4. The number of hydrogen-bond acceptors (Lipinski definition) is 14. The summed E-state index contributed by atoms with van der Waals surface area (Å²) < 4.78 is 34.5. The van der Waals surface area contributed by atoms with Gasteiger partial charge in [0.25, 0.3) is 11.8 Å². The summed E-state index contributed by atoms with van der Waals surface area (Å²) in [7, 11) is 1.34. The maximum Gasteiger partial charge on any atom is 0.308 e. The number of likely N-dealkylation sites (tertiary alicyclic amines) is 1. The van der Waals surface area contributed by atoms with Crippen LogP contribution in [0.3, 0.4) is 0 Å². The second-order valence-corrected chi connectivity index (χ2v) is 23.5. The molecule has 0 spiro atoms. The molecule has 8 aromatic rings. The Morgan fingerprint density at radius 1 is 0.864 bits per heavy atom. The van der Waals surface area contributed by atoms with Gasteiger partial charge in [-0.25, -0.2) is 9.37 Å². The molecule has 4 atom stereocenters. The molecule has 3 N–H and O–H groups in total. The largest absolute Gasteiger partial charge is 0.492 e. The number of fused-ring (bicyclic) bond motifs is 4. The zero-order valence-electron chi connectivity index (χ0n) is 46.4. The van der Waals surface area contributed by atoms with E-state index >= 15 is 4.39 Å². The average Bonchev–Trinajstić information content (AvgIpc) is 3.78. The van der Waals surface area contributed by atoms with Gasteiger partial charge in [-0.3, -0.25) is 33.5 Å². The van der Waals surface area contributed by atoms with Crippen LogP contribution in [0.2, 0.25) is 0 Å². The second kappa shape index (κ2) is 23.0. The summed E-state index contributed by atoms with van der Waals surface area (Å²) >= 11 is 3.19. The van der Waals surface area contributed by atoms with E-state index < -0.39 is 47.1 Å². The second-order valence-electron chi connectivity index (χ2n) is 21.4. The van der Waals surface area contributed by atoms with Gasteiger partial charge >= 0.3 is 5.97 Å². The van der Waals surface area contributed by atoms with Gasteiger partial charge < -0.3 is 34.7 Å². The molecule has 6 heterocycles. The molecule has 2 aliphatic rings. The summed E-state index contributed by atoms with van der Waals surface area (Å²) in [5, 5.41) is 19.0. The van der Waals surface area contributed by atoms with E-state index in [1.807, 2.05) is 107 Å². The van der Waals surface area contributed by atoms with Crippen LogP contribution < -0.4 is 20.7 Å². The van der Waals surface area contributed by atoms with Crippen molar-refractivity contribution in [3.05, 3.63) is 158 Å². The number of methoxy groups -OCH3 is 1. The molecule has 418 valence electrons. The van der Waals surface area contributed by atoms with Crippen molar-refractivity contribution in [2.24, 2.45) is 10.4 Å². The number of nitrogens with zero attached hydrogens (tertiary/aromatic N) is 6. The molecule has 2 aliphatic heterocycles. The third-order valence-corrected chi connectivity index (χ3v) is 17.1. The molecular formula is C61H62FN9O8S2. The van der Waals surface area contributed by atoms with Gasteiger partial charge in [-0.15, -0.1) is 32.9 Å². The molecule has 1 saturated heterocycles. The van der Waals surface area contributed by atoms with Crippen LogP contribution in [0.5, 0.6) is 5.75 Å². The van der Waals surface area contributed by atoms with Gasteiger partial charge in [-0.2, -0.15) is 0 Å². The first-order chi connectivity index (χ1) is 38.8. The number of nitrogens with one attached hydrogen (secondary N) is 3. The van der Waals surface area contributed by atoms with E-state index in [4.69, 9.17) is 18.9 Å². The van der Waals surface area contributed by atoms with Crippen LogP contribution in [0.15, 0.2) is 106 Å². The number of furan rings is 1. The number of aryl methyl sites for hydroxylation is 3. The van der Waals surface area contributed by atoms with Crippen molar-refractivity contribution < 1.29 is 42.3 Å². The Morgan fingerprint density at radius 2 is 1.59 bits per heavy atom. The molecule has 4 aromatic carbocycles. The minimum absolute atomic E-state index is 0.0101. The third-order valence-electron chi connectivity index (χ3n) is 14.9. The lowest BCUT2D eigenvalue weighted by atomic mass is 9.85. The number of hydrogen-bond donors (Lipinski definition) is 3. The summed E-state index contributed by atoms with van der Waals surface area (Å²) in [5.74, 6) is -1.26. The number of aromatic nitrogens is 4. The summed E-state index contributed by atoms with van der Waals surface area (Å²) in [6.45, 7) is 15.9. The fourth-order valence-electron chi connectivity index (χ4n) is 10.3. The Hall–Kier alpha value is -8.36. The van der Waals surface area contributed by atoms with Crippen molar-refractivity contribution in [2.45, 2.75) is 98.8 Å². The molecule has 20 heteroatoms. The number of esters is 1. The Morgan fingerprint density at radius 3 is 2.30 bits per heavy atom. The van der Waals surface area contributed by atoms with Crippen LogP contribution in [0.4, 0.5) is 4.39 Å². The number of thiazole rings is 1. The SMILES string of the molecule is COC(=O)C[C@@H]1N=C(c2ccc(-c3ccc(C(=O)NCCOc4ccc5oc(C(=O)NC(C(=O)N6CCC[C@H]6C(=O)N[C@@H](C)c6ccc(-c7scnc7C)cc6)C(C)(C)C)cc5c4)c(F)c3)cc2)c2c(sc(C)c2C)-n2c(C)nnc21. The molecule has 1 unspecified atom stereocenters. The lowest BCUT2D eigenvalue weighted by molar-refractivity contribution is -0.142. The number of benzene rings is 4. The molecule has 0 bridgehead atoms. The molecule has 4 aromatic heterocycles. The Bertz CT molecular complexity index is 3760. The van der Waals surface area contributed by atoms with Crippen molar-refractivity contribution in [1.82, 2.24) is 40.6 Å². The summed E-state index contributed by atoms with van der Waals surface area (Å²) in [5.41, 5.74) is 9.10. The first kappa shape index (κ1) is 55.9. The standard InChI is InChI=1S/C61H62FN9O8S2/c1-32-35(4)81-60-51(32)52(66-46(30-50(72)77-9)55-69-68-36(5)71(55)60)39-16-14-38(15-17-39)41-20-22-44(45(62)28-41)56(73)63-24-26-78-43-21-23-48-42(27-43)29-49(79-48)58(75)67-54(61(6,7)8)59(76)70-25-10-11-47(70)57(74)65-33(2)37-12-18-40(19-13-37)53-34(3)64-31-80-53/h12-23,27-29,31,33,46-47,54H,10-11,24-26,30H2,1-9H3,(H,63,73)(H,65,74)(H,67,75)/t33-,46-,47-,54?/m0/s1. The topological polar surface area (TPSA) is 212 Å². The highest BCUT2D eigenvalue weighted by Crippen LogP contribution is 2.40. The third kappa shape index (κ3) is 11.5. The highest BCUT2D eigenvalue weighted by molar-refractivity contribution is 7.15. The van der Waals surface area contributed by atoms with Crippen LogP contribution in [-0.4, -0.2) is 98.8 Å². The number of amides is 4. The van der Waals surface area contributed by atoms with E-state index in [2.05, 4.69) is 38.1 Å². The van der Waals surface area contributed by atoms with Crippen molar-refractivity contribution >= 4 is 69.0 Å². The molecule has 0 aliphatic carbocycles. The molecule has 10 rings (SSSR count). The van der Waals surface area contributed by atoms with Crippen LogP contribution in [-0.2, 0) is 19.1 Å². The minimum Gasteiger partial charge on any atom is -0.492 e. The maximum atomic E-state index is 15.7. The monoisotopic (exact) mass is 1130 g/mol. The molecule has 17 nitrogen and oxygen atoms in total. The number of rotatable bonds is 16. The number of aliphatic imine (C=N–C) groups is 1. The normalized spacial score (nSPS) is 15.7. The highest BCUT2D eigenvalue weighted by Gasteiger charge is 2.43. The van der Waals surface area contributed by atoms with Gasteiger partial charge in [-0.1, -0.05) is 75.4 Å². The summed E-state index contributed by atoms with van der Waals surface area (Å²) in [6.07, 6.45) is 1.12. The Balaban J connectivity index is 0.734. The van der Waals surface area contributed by atoms with Crippen molar-refractivity contribution in [2.75, 3.05) is 26.8 Å². The van der Waals surface area contributed by atoms with Gasteiger partial charge in [0.1, 0.15) is 52.7 Å². The van der Waals surface area contributed by atoms with Crippen molar-refractivity contribution in [3.8, 4) is 32.3 Å². The predicted molar refractivity (Wildman–Crippen MR) is 309 cm³/mol. The Kier molecular flexibility index (Phi) is 15.9. The van der Waals surface area contributed by atoms with Crippen molar-refractivity contribution in [3.63, 3.8) is 0 Å².